The van der Waals surface area contributed by atoms with Gasteiger partial charge in [-0.1, -0.05) is 108 Å². The fourth-order valence-corrected chi connectivity index (χ4v) is 3.61. The van der Waals surface area contributed by atoms with Gasteiger partial charge in [0.05, 0.1) is 10.0 Å². The van der Waals surface area contributed by atoms with Crippen LogP contribution in [0.1, 0.15) is 0 Å². The summed E-state index contributed by atoms with van der Waals surface area (Å²) in [4.78, 5) is 12.4. The first-order chi connectivity index (χ1) is 14.6. The third-order valence-corrected chi connectivity index (χ3v) is 5.26. The summed E-state index contributed by atoms with van der Waals surface area (Å²) in [5, 5.41) is 0.648. The van der Waals surface area contributed by atoms with E-state index in [1.807, 2.05) is 72.8 Å². The first kappa shape index (κ1) is 20.0. The molecule has 0 atom stereocenters. The summed E-state index contributed by atoms with van der Waals surface area (Å²) in [5.41, 5.74) is 3.35. The van der Waals surface area contributed by atoms with Gasteiger partial charge in [-0.25, -0.2) is 4.79 Å². The molecule has 3 nitrogen and oxygen atoms in total. The monoisotopic (exact) mass is 434 g/mol. The van der Waals surface area contributed by atoms with E-state index in [1.165, 1.54) is 0 Å². The summed E-state index contributed by atoms with van der Waals surface area (Å²) >= 11 is 12.9. The number of carbonyl (C=O) groups excluding carboxylic acids is 1. The lowest BCUT2D eigenvalue weighted by Crippen LogP contribution is -2.14. The molecule has 0 heterocycles. The molecule has 0 aliphatic carbocycles. The summed E-state index contributed by atoms with van der Waals surface area (Å²) in [7, 11) is 0. The van der Waals surface area contributed by atoms with Crippen molar-refractivity contribution in [3.05, 3.63) is 107 Å². The van der Waals surface area contributed by atoms with E-state index in [0.29, 0.717) is 10.0 Å². The lowest BCUT2D eigenvalue weighted by atomic mass is 10.1. The van der Waals surface area contributed by atoms with Crippen LogP contribution in [-0.4, -0.2) is 6.16 Å². The Kier molecular flexibility index (Phi) is 6.03. The van der Waals surface area contributed by atoms with Gasteiger partial charge >= 0.3 is 6.16 Å². The minimum atomic E-state index is -0.922. The predicted molar refractivity (Wildman–Crippen MR) is 120 cm³/mol. The van der Waals surface area contributed by atoms with Gasteiger partial charge in [0.1, 0.15) is 0 Å². The summed E-state index contributed by atoms with van der Waals surface area (Å²) in [6.45, 7) is 0. The fourth-order valence-electron chi connectivity index (χ4n) is 3.06. The van der Waals surface area contributed by atoms with Gasteiger partial charge in [-0.15, -0.1) is 0 Å². The topological polar surface area (TPSA) is 35.5 Å². The van der Waals surface area contributed by atoms with Gasteiger partial charge in [-0.3, -0.25) is 0 Å². The molecule has 0 N–H and O–H groups in total. The van der Waals surface area contributed by atoms with Crippen LogP contribution in [0.2, 0.25) is 10.0 Å². The molecule has 0 aromatic heterocycles. The molecule has 0 saturated carbocycles. The van der Waals surface area contributed by atoms with Crippen LogP contribution in [0, 0.1) is 0 Å². The molecule has 5 heteroatoms. The normalized spacial score (nSPS) is 10.5. The number of benzene rings is 4. The Hall–Kier alpha value is -3.27. The van der Waals surface area contributed by atoms with E-state index < -0.39 is 6.16 Å². The standard InChI is InChI=1S/C25H16Cl2O3/c26-23-19(17-9-3-1-4-10-17)13-7-15-21(23)29-25(28)30-22-16-8-14-20(24(22)27)18-11-5-2-6-12-18/h1-16H. The molecule has 0 spiro atoms. The number of hydrogen-bond donors (Lipinski definition) is 0. The van der Waals surface area contributed by atoms with Crippen molar-refractivity contribution in [2.45, 2.75) is 0 Å². The van der Waals surface area contributed by atoms with Crippen LogP contribution in [0.3, 0.4) is 0 Å². The van der Waals surface area contributed by atoms with Crippen LogP contribution < -0.4 is 9.47 Å². The van der Waals surface area contributed by atoms with E-state index in [9.17, 15) is 4.79 Å². The highest BCUT2D eigenvalue weighted by Crippen LogP contribution is 2.37. The zero-order valence-corrected chi connectivity index (χ0v) is 17.2. The second-order valence-electron chi connectivity index (χ2n) is 6.42. The SMILES string of the molecule is O=C(Oc1cccc(-c2ccccc2)c1Cl)Oc1cccc(-c2ccccc2)c1Cl. The number of carbonyl (C=O) groups is 1. The number of rotatable bonds is 4. The molecule has 0 amide bonds. The first-order valence-electron chi connectivity index (χ1n) is 9.21. The zero-order chi connectivity index (χ0) is 20.9. The Morgan fingerprint density at radius 2 is 0.933 bits per heavy atom. The quantitative estimate of drug-likeness (QED) is 0.241. The molecule has 0 fully saturated rings. The molecular weight excluding hydrogens is 419 g/mol. The molecular formula is C25H16Cl2O3. The first-order valence-corrected chi connectivity index (χ1v) is 9.96. The van der Waals surface area contributed by atoms with Crippen LogP contribution >= 0.6 is 23.2 Å². The number of ether oxygens (including phenoxy) is 2. The summed E-state index contributed by atoms with van der Waals surface area (Å²) in [5.74, 6) is 0.414. The third kappa shape index (κ3) is 4.33. The second kappa shape index (κ2) is 9.04. The molecule has 0 radical (unpaired) electrons. The number of halogens is 2. The Bertz CT molecular complexity index is 1080. The summed E-state index contributed by atoms with van der Waals surface area (Å²) in [6, 6.07) is 29.7. The van der Waals surface area contributed by atoms with Crippen LogP contribution in [0.5, 0.6) is 11.5 Å². The third-order valence-electron chi connectivity index (χ3n) is 4.48. The van der Waals surface area contributed by atoms with E-state index in [0.717, 1.165) is 22.3 Å². The summed E-state index contributed by atoms with van der Waals surface area (Å²) < 4.78 is 10.7. The number of hydrogen-bond acceptors (Lipinski definition) is 3. The maximum absolute atomic E-state index is 12.4. The largest absolute Gasteiger partial charge is 0.519 e. The van der Waals surface area contributed by atoms with Crippen molar-refractivity contribution in [1.29, 1.82) is 0 Å². The Labute approximate surface area is 184 Å². The molecule has 0 aliphatic heterocycles. The van der Waals surface area contributed by atoms with E-state index in [4.69, 9.17) is 32.7 Å². The Morgan fingerprint density at radius 3 is 1.33 bits per heavy atom. The van der Waals surface area contributed by atoms with E-state index in [2.05, 4.69) is 0 Å². The van der Waals surface area contributed by atoms with Gasteiger partial charge in [-0.2, -0.15) is 0 Å². The summed E-state index contributed by atoms with van der Waals surface area (Å²) in [6.07, 6.45) is -0.922. The van der Waals surface area contributed by atoms with E-state index in [1.54, 1.807) is 24.3 Å². The van der Waals surface area contributed by atoms with Crippen LogP contribution in [0.25, 0.3) is 22.3 Å². The van der Waals surface area contributed by atoms with E-state index in [-0.39, 0.29) is 11.5 Å². The molecule has 30 heavy (non-hydrogen) atoms. The molecule has 0 saturated heterocycles. The van der Waals surface area contributed by atoms with Gasteiger partial charge in [0.15, 0.2) is 11.5 Å². The van der Waals surface area contributed by atoms with Gasteiger partial charge in [-0.05, 0) is 23.3 Å². The van der Waals surface area contributed by atoms with Crippen molar-refractivity contribution in [3.8, 4) is 33.8 Å². The second-order valence-corrected chi connectivity index (χ2v) is 7.18. The zero-order valence-electron chi connectivity index (χ0n) is 15.7. The smallest absolute Gasteiger partial charge is 0.393 e. The van der Waals surface area contributed by atoms with Gasteiger partial charge in [0, 0.05) is 11.1 Å². The fraction of sp³-hybridized carbons (Fsp3) is 0. The van der Waals surface area contributed by atoms with Crippen LogP contribution in [-0.2, 0) is 0 Å². The molecule has 0 aliphatic rings. The highest BCUT2D eigenvalue weighted by atomic mass is 35.5. The van der Waals surface area contributed by atoms with Crippen LogP contribution in [0.15, 0.2) is 97.1 Å². The molecule has 148 valence electrons. The average molecular weight is 435 g/mol. The molecule has 4 rings (SSSR count). The molecule has 0 unspecified atom stereocenters. The van der Waals surface area contributed by atoms with Crippen LogP contribution in [0.4, 0.5) is 4.79 Å². The lowest BCUT2D eigenvalue weighted by molar-refractivity contribution is 0.152. The molecule has 4 aromatic carbocycles. The maximum atomic E-state index is 12.4. The maximum Gasteiger partial charge on any atom is 0.519 e. The van der Waals surface area contributed by atoms with Crippen molar-refractivity contribution in [3.63, 3.8) is 0 Å². The van der Waals surface area contributed by atoms with E-state index >= 15 is 0 Å². The van der Waals surface area contributed by atoms with Gasteiger partial charge < -0.3 is 9.47 Å². The Balaban J connectivity index is 1.55. The predicted octanol–water partition coefficient (Wildman–Crippen LogP) is 7.91. The molecule has 4 aromatic rings. The van der Waals surface area contributed by atoms with Crippen molar-refractivity contribution < 1.29 is 14.3 Å². The van der Waals surface area contributed by atoms with Crippen molar-refractivity contribution in [2.24, 2.45) is 0 Å². The highest BCUT2D eigenvalue weighted by molar-refractivity contribution is 6.35. The minimum Gasteiger partial charge on any atom is -0.393 e. The lowest BCUT2D eigenvalue weighted by Gasteiger charge is -2.12. The van der Waals surface area contributed by atoms with Gasteiger partial charge in [0.2, 0.25) is 0 Å². The van der Waals surface area contributed by atoms with Crippen molar-refractivity contribution in [2.75, 3.05) is 0 Å². The van der Waals surface area contributed by atoms with Gasteiger partial charge in [0.25, 0.3) is 0 Å². The Morgan fingerprint density at radius 1 is 0.533 bits per heavy atom. The minimum absolute atomic E-state index is 0.207. The highest BCUT2D eigenvalue weighted by Gasteiger charge is 2.17. The average Bonchev–Trinajstić information content (AvgIpc) is 2.78. The van der Waals surface area contributed by atoms with Crippen molar-refractivity contribution >= 4 is 29.4 Å². The van der Waals surface area contributed by atoms with Crippen molar-refractivity contribution in [1.82, 2.24) is 0 Å². The molecule has 0 bridgehead atoms.